The molecule has 1 aliphatic heterocycles. The summed E-state index contributed by atoms with van der Waals surface area (Å²) in [5.41, 5.74) is -0.110. The van der Waals surface area contributed by atoms with Crippen molar-refractivity contribution in [2.45, 2.75) is 30.7 Å². The smallest absolute Gasteiger partial charge is 0.229 e. The zero-order valence-corrected chi connectivity index (χ0v) is 16.0. The van der Waals surface area contributed by atoms with Crippen molar-refractivity contribution in [1.29, 1.82) is 0 Å². The molecule has 3 aromatic rings. The highest BCUT2D eigenvalue weighted by atomic mass is 16.7. The van der Waals surface area contributed by atoms with E-state index in [-0.39, 0.29) is 16.7 Å². The summed E-state index contributed by atoms with van der Waals surface area (Å²) in [4.78, 5) is 12.7. The van der Waals surface area contributed by atoms with Crippen LogP contribution < -0.4 is 10.2 Å². The number of hydrogen-bond donors (Lipinski definition) is 6. The summed E-state index contributed by atoms with van der Waals surface area (Å²) in [5, 5.41) is 59.8. The Hall–Kier alpha value is -3.15. The maximum atomic E-state index is 12.7. The second-order valence-electron chi connectivity index (χ2n) is 7.10. The summed E-state index contributed by atoms with van der Waals surface area (Å²) < 4.78 is 16.2. The van der Waals surface area contributed by atoms with Crippen molar-refractivity contribution in [3.8, 4) is 28.6 Å². The summed E-state index contributed by atoms with van der Waals surface area (Å²) >= 11 is 0. The van der Waals surface area contributed by atoms with Gasteiger partial charge < -0.3 is 44.5 Å². The monoisotopic (exact) mass is 432 g/mol. The SMILES string of the molecule is O=c1cc(-c2ccccc2)oc2cc(O)c(O[C@@H]3O[C@H](CO)[C@@H](O)[C@@H](O)[C@H]3O)c(O)c12. The first-order valence-corrected chi connectivity index (χ1v) is 9.37. The van der Waals surface area contributed by atoms with Gasteiger partial charge in [-0.25, -0.2) is 0 Å². The van der Waals surface area contributed by atoms with E-state index in [0.29, 0.717) is 5.56 Å². The fourth-order valence-corrected chi connectivity index (χ4v) is 3.41. The fraction of sp³-hybridized carbons (Fsp3) is 0.286. The lowest BCUT2D eigenvalue weighted by atomic mass is 9.99. The zero-order valence-electron chi connectivity index (χ0n) is 16.0. The number of phenolic OH excluding ortho intramolecular Hbond substituents is 2. The molecule has 1 saturated heterocycles. The number of aliphatic hydroxyl groups excluding tert-OH is 4. The van der Waals surface area contributed by atoms with Crippen LogP contribution in [0.2, 0.25) is 0 Å². The van der Waals surface area contributed by atoms with Gasteiger partial charge in [-0.2, -0.15) is 0 Å². The van der Waals surface area contributed by atoms with Crippen LogP contribution in [-0.4, -0.2) is 68.0 Å². The standard InChI is InChI=1S/C21H20O10/c22-8-14-16(25)18(27)19(28)21(30-14)31-20-11(24)7-13-15(17(20)26)10(23)6-12(29-13)9-4-2-1-3-5-9/h1-7,14,16,18-19,21-22,24-28H,8H2/t14-,16-,18-,19-,21+/m1/s1. The molecule has 0 saturated carbocycles. The molecule has 0 unspecified atom stereocenters. The lowest BCUT2D eigenvalue weighted by molar-refractivity contribution is -0.277. The fourth-order valence-electron chi connectivity index (χ4n) is 3.41. The van der Waals surface area contributed by atoms with Gasteiger partial charge in [0.05, 0.1) is 6.61 Å². The maximum absolute atomic E-state index is 12.7. The van der Waals surface area contributed by atoms with E-state index in [4.69, 9.17) is 13.9 Å². The third-order valence-corrected chi connectivity index (χ3v) is 5.07. The Morgan fingerprint density at radius 1 is 0.968 bits per heavy atom. The highest BCUT2D eigenvalue weighted by Gasteiger charge is 2.45. The van der Waals surface area contributed by atoms with Gasteiger partial charge in [0.1, 0.15) is 41.1 Å². The number of ether oxygens (including phenoxy) is 2. The number of aliphatic hydroxyl groups is 4. The minimum atomic E-state index is -1.77. The Balaban J connectivity index is 1.74. The Labute approximate surface area is 174 Å². The molecule has 1 fully saturated rings. The summed E-state index contributed by atoms with van der Waals surface area (Å²) in [6, 6.07) is 11.0. The minimum absolute atomic E-state index is 0.109. The molecule has 1 aliphatic rings. The molecule has 0 spiro atoms. The predicted octanol–water partition coefficient (Wildman–Crippen LogP) is 0.0499. The van der Waals surface area contributed by atoms with Crippen molar-refractivity contribution in [3.05, 3.63) is 52.7 Å². The third-order valence-electron chi connectivity index (χ3n) is 5.07. The highest BCUT2D eigenvalue weighted by molar-refractivity contribution is 5.89. The van der Waals surface area contributed by atoms with Gasteiger partial charge in [0.2, 0.25) is 12.0 Å². The number of fused-ring (bicyclic) bond motifs is 1. The van der Waals surface area contributed by atoms with Crippen LogP contribution in [0.5, 0.6) is 17.2 Å². The van der Waals surface area contributed by atoms with Crippen LogP contribution in [0.15, 0.2) is 51.7 Å². The van der Waals surface area contributed by atoms with Gasteiger partial charge in [0, 0.05) is 17.7 Å². The second kappa shape index (κ2) is 8.17. The van der Waals surface area contributed by atoms with E-state index in [1.807, 2.05) is 0 Å². The Morgan fingerprint density at radius 2 is 1.68 bits per heavy atom. The molecule has 1 aromatic heterocycles. The summed E-state index contributed by atoms with van der Waals surface area (Å²) in [6.45, 7) is -0.688. The number of benzene rings is 2. The average Bonchev–Trinajstić information content (AvgIpc) is 2.76. The van der Waals surface area contributed by atoms with E-state index in [0.717, 1.165) is 6.07 Å². The van der Waals surface area contributed by atoms with Gasteiger partial charge in [0.15, 0.2) is 16.9 Å². The van der Waals surface area contributed by atoms with Crippen molar-refractivity contribution < 1.29 is 44.5 Å². The van der Waals surface area contributed by atoms with Crippen LogP contribution in [0.1, 0.15) is 0 Å². The molecule has 0 bridgehead atoms. The van der Waals surface area contributed by atoms with Gasteiger partial charge in [0.25, 0.3) is 0 Å². The molecule has 0 radical (unpaired) electrons. The molecule has 0 amide bonds. The molecule has 0 aliphatic carbocycles. The van der Waals surface area contributed by atoms with Crippen LogP contribution in [0.3, 0.4) is 0 Å². The van der Waals surface area contributed by atoms with Crippen LogP contribution in [0, 0.1) is 0 Å². The zero-order chi connectivity index (χ0) is 22.3. The Bertz CT molecular complexity index is 1140. The lowest BCUT2D eigenvalue weighted by Gasteiger charge is -2.39. The van der Waals surface area contributed by atoms with Gasteiger partial charge in [-0.3, -0.25) is 4.79 Å². The van der Waals surface area contributed by atoms with E-state index < -0.39 is 60.0 Å². The van der Waals surface area contributed by atoms with E-state index in [2.05, 4.69) is 0 Å². The van der Waals surface area contributed by atoms with Crippen LogP contribution in [0.4, 0.5) is 0 Å². The summed E-state index contributed by atoms with van der Waals surface area (Å²) in [7, 11) is 0. The van der Waals surface area contributed by atoms with Gasteiger partial charge in [-0.1, -0.05) is 30.3 Å². The predicted molar refractivity (Wildman–Crippen MR) is 106 cm³/mol. The van der Waals surface area contributed by atoms with E-state index in [1.54, 1.807) is 30.3 Å². The maximum Gasteiger partial charge on any atom is 0.229 e. The quantitative estimate of drug-likeness (QED) is 0.331. The number of hydrogen-bond acceptors (Lipinski definition) is 10. The first-order chi connectivity index (χ1) is 14.8. The Kier molecular flexibility index (Phi) is 5.56. The number of phenols is 2. The topological polar surface area (TPSA) is 170 Å². The summed E-state index contributed by atoms with van der Waals surface area (Å²) in [6.07, 6.45) is -8.03. The van der Waals surface area contributed by atoms with Crippen LogP contribution >= 0.6 is 0 Å². The number of rotatable bonds is 4. The van der Waals surface area contributed by atoms with Gasteiger partial charge in [-0.15, -0.1) is 0 Å². The molecule has 164 valence electrons. The lowest BCUT2D eigenvalue weighted by Crippen LogP contribution is -2.60. The summed E-state index contributed by atoms with van der Waals surface area (Å²) in [5.74, 6) is -1.77. The molecule has 6 N–H and O–H groups in total. The molecule has 5 atom stereocenters. The van der Waals surface area contributed by atoms with Crippen molar-refractivity contribution in [3.63, 3.8) is 0 Å². The molecular formula is C21H20O10. The third kappa shape index (κ3) is 3.71. The van der Waals surface area contributed by atoms with E-state index in [9.17, 15) is 35.4 Å². The van der Waals surface area contributed by atoms with Crippen molar-refractivity contribution in [2.75, 3.05) is 6.61 Å². The molecule has 10 nitrogen and oxygen atoms in total. The van der Waals surface area contributed by atoms with Crippen LogP contribution in [-0.2, 0) is 4.74 Å². The highest BCUT2D eigenvalue weighted by Crippen LogP contribution is 2.43. The number of aromatic hydroxyl groups is 2. The van der Waals surface area contributed by atoms with Crippen molar-refractivity contribution in [1.82, 2.24) is 0 Å². The first kappa shape index (κ1) is 21.1. The van der Waals surface area contributed by atoms with Crippen molar-refractivity contribution >= 4 is 11.0 Å². The van der Waals surface area contributed by atoms with E-state index >= 15 is 0 Å². The van der Waals surface area contributed by atoms with Crippen molar-refractivity contribution in [2.24, 2.45) is 0 Å². The molecule has 4 rings (SSSR count). The van der Waals surface area contributed by atoms with Gasteiger partial charge >= 0.3 is 0 Å². The first-order valence-electron chi connectivity index (χ1n) is 9.37. The molecule has 10 heteroatoms. The van der Waals surface area contributed by atoms with Crippen LogP contribution in [0.25, 0.3) is 22.3 Å². The molecular weight excluding hydrogens is 412 g/mol. The van der Waals surface area contributed by atoms with E-state index in [1.165, 1.54) is 6.07 Å². The largest absolute Gasteiger partial charge is 0.504 e. The van der Waals surface area contributed by atoms with Gasteiger partial charge in [-0.05, 0) is 0 Å². The normalized spacial score (nSPS) is 26.1. The molecule has 2 heterocycles. The Morgan fingerprint density at radius 3 is 2.35 bits per heavy atom. The second-order valence-corrected chi connectivity index (χ2v) is 7.10. The molecule has 31 heavy (non-hydrogen) atoms. The minimum Gasteiger partial charge on any atom is -0.504 e. The average molecular weight is 432 g/mol. The molecule has 2 aromatic carbocycles.